The molecule has 6 rings (SSSR count). The molecule has 0 radical (unpaired) electrons. The molecular formula is C32H31FN4O5S. The van der Waals surface area contributed by atoms with Crippen molar-refractivity contribution in [2.24, 2.45) is 0 Å². The smallest absolute Gasteiger partial charge is 0.268 e. The SMILES string of the molecule is COc1ccc(C(C(=O)NC2CCCC2)N(Cc2ccc3c(c2)OCO3)C(=O)c2snc(-c3ccc(F)cc3)c2N)cc1. The highest BCUT2D eigenvalue weighted by atomic mass is 32.1. The van der Waals surface area contributed by atoms with Crippen molar-refractivity contribution < 1.29 is 28.2 Å². The minimum absolute atomic E-state index is 0.0364. The van der Waals surface area contributed by atoms with E-state index in [0.29, 0.717) is 34.1 Å². The van der Waals surface area contributed by atoms with Crippen LogP contribution in [-0.2, 0) is 11.3 Å². The average Bonchev–Trinajstić information content (AvgIpc) is 3.79. The van der Waals surface area contributed by atoms with Gasteiger partial charge in [0.2, 0.25) is 12.7 Å². The number of ether oxygens (including phenoxy) is 3. The molecule has 9 nitrogen and oxygen atoms in total. The fourth-order valence-corrected chi connectivity index (χ4v) is 6.30. The molecule has 0 spiro atoms. The molecule has 1 unspecified atom stereocenters. The first kappa shape index (κ1) is 28.5. The van der Waals surface area contributed by atoms with Crippen LogP contribution in [0.5, 0.6) is 17.2 Å². The summed E-state index contributed by atoms with van der Waals surface area (Å²) in [6, 6.07) is 17.4. The van der Waals surface area contributed by atoms with Gasteiger partial charge in [0.05, 0.1) is 12.8 Å². The fraction of sp³-hybridized carbons (Fsp3) is 0.281. The number of nitrogens with one attached hydrogen (secondary N) is 1. The molecule has 0 saturated heterocycles. The molecule has 222 valence electrons. The highest BCUT2D eigenvalue weighted by molar-refractivity contribution is 7.09. The predicted octanol–water partition coefficient (Wildman–Crippen LogP) is 5.71. The number of carbonyl (C=O) groups is 2. The van der Waals surface area contributed by atoms with Gasteiger partial charge in [-0.15, -0.1) is 0 Å². The molecule has 1 aromatic heterocycles. The lowest BCUT2D eigenvalue weighted by molar-refractivity contribution is -0.126. The number of nitrogen functional groups attached to an aromatic ring is 1. The number of amides is 2. The van der Waals surface area contributed by atoms with E-state index in [4.69, 9.17) is 19.9 Å². The van der Waals surface area contributed by atoms with Crippen LogP contribution in [0.15, 0.2) is 66.7 Å². The zero-order valence-electron chi connectivity index (χ0n) is 23.5. The predicted molar refractivity (Wildman–Crippen MR) is 160 cm³/mol. The van der Waals surface area contributed by atoms with Crippen molar-refractivity contribution in [3.05, 3.63) is 88.6 Å². The van der Waals surface area contributed by atoms with Gasteiger partial charge in [0.1, 0.15) is 28.2 Å². The molecule has 2 heterocycles. The lowest BCUT2D eigenvalue weighted by Crippen LogP contribution is -2.45. The summed E-state index contributed by atoms with van der Waals surface area (Å²) >= 11 is 0.949. The summed E-state index contributed by atoms with van der Waals surface area (Å²) < 4.78 is 34.4. The molecule has 1 saturated carbocycles. The minimum atomic E-state index is -0.986. The third-order valence-electron chi connectivity index (χ3n) is 7.78. The second kappa shape index (κ2) is 12.3. The molecule has 0 bridgehead atoms. The Hall–Kier alpha value is -4.64. The largest absolute Gasteiger partial charge is 0.497 e. The van der Waals surface area contributed by atoms with Crippen molar-refractivity contribution in [2.45, 2.75) is 44.3 Å². The number of nitrogens with zero attached hydrogens (tertiary/aromatic N) is 2. The summed E-state index contributed by atoms with van der Waals surface area (Å²) in [7, 11) is 1.57. The van der Waals surface area contributed by atoms with Crippen LogP contribution in [-0.4, -0.2) is 41.0 Å². The van der Waals surface area contributed by atoms with Crippen LogP contribution in [0.2, 0.25) is 0 Å². The van der Waals surface area contributed by atoms with E-state index < -0.39 is 11.9 Å². The van der Waals surface area contributed by atoms with Crippen LogP contribution in [0.25, 0.3) is 11.3 Å². The molecule has 43 heavy (non-hydrogen) atoms. The molecule has 3 N–H and O–H groups in total. The topological polar surface area (TPSA) is 116 Å². The number of methoxy groups -OCH3 is 1. The lowest BCUT2D eigenvalue weighted by Gasteiger charge is -2.32. The van der Waals surface area contributed by atoms with Gasteiger partial charge in [-0.2, -0.15) is 4.37 Å². The summed E-state index contributed by atoms with van der Waals surface area (Å²) in [5.74, 6) is 0.680. The Labute approximate surface area is 252 Å². The average molecular weight is 603 g/mol. The standard InChI is InChI=1S/C32H31FN4O5S/c1-40-24-13-9-21(10-14-24)29(31(38)35-23-4-2-3-5-23)37(17-19-6-15-25-26(16-19)42-18-41-25)32(39)30-27(34)28(36-43-30)20-7-11-22(33)12-8-20/h6-16,23,29H,2-5,17-18,34H2,1H3,(H,35,38). The number of nitrogens with two attached hydrogens (primary N) is 1. The molecule has 1 aliphatic carbocycles. The number of anilines is 1. The number of aromatic nitrogens is 1. The normalized spacial score (nSPS) is 14.8. The highest BCUT2D eigenvalue weighted by Crippen LogP contribution is 2.37. The zero-order chi connectivity index (χ0) is 29.9. The second-order valence-corrected chi connectivity index (χ2v) is 11.3. The van der Waals surface area contributed by atoms with Gasteiger partial charge in [-0.05, 0) is 84.0 Å². The number of rotatable bonds is 9. The van der Waals surface area contributed by atoms with Gasteiger partial charge >= 0.3 is 0 Å². The summed E-state index contributed by atoms with van der Waals surface area (Å²) in [5.41, 5.74) is 9.01. The first-order valence-corrected chi connectivity index (χ1v) is 14.8. The zero-order valence-corrected chi connectivity index (χ0v) is 24.4. The number of halogens is 1. The Balaban J connectivity index is 1.42. The Kier molecular flexibility index (Phi) is 8.15. The minimum Gasteiger partial charge on any atom is -0.497 e. The maximum Gasteiger partial charge on any atom is 0.268 e. The molecule has 2 amide bonds. The van der Waals surface area contributed by atoms with Gasteiger partial charge in [-0.3, -0.25) is 9.59 Å². The number of benzene rings is 3. The van der Waals surface area contributed by atoms with Crippen molar-refractivity contribution in [3.8, 4) is 28.5 Å². The summed E-state index contributed by atoms with van der Waals surface area (Å²) in [6.07, 6.45) is 3.86. The number of fused-ring (bicyclic) bond motifs is 1. The van der Waals surface area contributed by atoms with Crippen molar-refractivity contribution in [1.29, 1.82) is 0 Å². The Morgan fingerprint density at radius 3 is 2.51 bits per heavy atom. The Morgan fingerprint density at radius 2 is 1.79 bits per heavy atom. The second-order valence-electron chi connectivity index (χ2n) is 10.6. The molecular weight excluding hydrogens is 571 g/mol. The van der Waals surface area contributed by atoms with Gasteiger partial charge in [0.15, 0.2) is 11.5 Å². The summed E-state index contributed by atoms with van der Waals surface area (Å²) in [4.78, 5) is 30.3. The monoisotopic (exact) mass is 602 g/mol. The Bertz CT molecular complexity index is 1620. The van der Waals surface area contributed by atoms with Crippen LogP contribution >= 0.6 is 11.5 Å². The maximum absolute atomic E-state index is 14.5. The van der Waals surface area contributed by atoms with Gasteiger partial charge in [-0.1, -0.05) is 31.0 Å². The summed E-state index contributed by atoms with van der Waals surface area (Å²) in [5, 5.41) is 3.18. The van der Waals surface area contributed by atoms with E-state index in [0.717, 1.165) is 42.8 Å². The van der Waals surface area contributed by atoms with Crippen molar-refractivity contribution in [3.63, 3.8) is 0 Å². The third-order valence-corrected chi connectivity index (χ3v) is 8.63. The Morgan fingerprint density at radius 1 is 1.07 bits per heavy atom. The molecule has 1 aliphatic heterocycles. The molecule has 11 heteroatoms. The first-order valence-electron chi connectivity index (χ1n) is 14.1. The van der Waals surface area contributed by atoms with Crippen molar-refractivity contribution in [1.82, 2.24) is 14.6 Å². The van der Waals surface area contributed by atoms with Crippen molar-refractivity contribution >= 4 is 29.0 Å². The third kappa shape index (κ3) is 5.98. The van der Waals surface area contributed by atoms with Gasteiger partial charge in [0, 0.05) is 18.2 Å². The van der Waals surface area contributed by atoms with E-state index in [1.165, 1.54) is 17.0 Å². The van der Waals surface area contributed by atoms with E-state index in [9.17, 15) is 14.0 Å². The molecule has 1 atom stereocenters. The van der Waals surface area contributed by atoms with Crippen LogP contribution in [0, 0.1) is 5.82 Å². The van der Waals surface area contributed by atoms with Crippen LogP contribution < -0.4 is 25.3 Å². The van der Waals surface area contributed by atoms with E-state index >= 15 is 0 Å². The van der Waals surface area contributed by atoms with Crippen molar-refractivity contribution in [2.75, 3.05) is 19.6 Å². The van der Waals surface area contributed by atoms with Gasteiger partial charge < -0.3 is 30.2 Å². The fourth-order valence-electron chi connectivity index (χ4n) is 5.52. The molecule has 2 aliphatic rings. The highest BCUT2D eigenvalue weighted by Gasteiger charge is 2.36. The van der Waals surface area contributed by atoms with Gasteiger partial charge in [-0.25, -0.2) is 4.39 Å². The number of hydrogen-bond acceptors (Lipinski definition) is 8. The van der Waals surface area contributed by atoms with Crippen LogP contribution in [0.3, 0.4) is 0 Å². The molecule has 4 aromatic rings. The molecule has 3 aromatic carbocycles. The van der Waals surface area contributed by atoms with Crippen LogP contribution in [0.1, 0.15) is 52.5 Å². The maximum atomic E-state index is 14.5. The van der Waals surface area contributed by atoms with E-state index in [1.54, 1.807) is 49.6 Å². The van der Waals surface area contributed by atoms with E-state index in [2.05, 4.69) is 9.69 Å². The lowest BCUT2D eigenvalue weighted by atomic mass is 10.0. The number of carbonyl (C=O) groups excluding carboxylic acids is 2. The number of hydrogen-bond donors (Lipinski definition) is 2. The van der Waals surface area contributed by atoms with Gasteiger partial charge in [0.25, 0.3) is 5.91 Å². The quantitative estimate of drug-likeness (QED) is 0.252. The summed E-state index contributed by atoms with van der Waals surface area (Å²) in [6.45, 7) is 0.191. The molecule has 1 fully saturated rings. The van der Waals surface area contributed by atoms with Crippen LogP contribution in [0.4, 0.5) is 10.1 Å². The van der Waals surface area contributed by atoms with E-state index in [-0.39, 0.29) is 41.7 Å². The van der Waals surface area contributed by atoms with E-state index in [1.807, 2.05) is 12.1 Å². The first-order chi connectivity index (χ1) is 20.9.